The normalized spacial score (nSPS) is 23.7. The Morgan fingerprint density at radius 1 is 1.25 bits per heavy atom. The summed E-state index contributed by atoms with van der Waals surface area (Å²) in [7, 11) is 2.97. The number of epoxide rings is 1. The Morgan fingerprint density at radius 3 is 2.41 bits per heavy atom. The minimum Gasteiger partial charge on any atom is -0.488 e. The first-order valence-corrected chi connectivity index (χ1v) is 11.1. The third kappa shape index (κ3) is 5.93. The average Bonchev–Trinajstić information content (AvgIpc) is 3.35. The molecule has 1 aliphatic heterocycles. The van der Waals surface area contributed by atoms with E-state index in [2.05, 4.69) is 44.0 Å². The number of ether oxygens (including phenoxy) is 3. The van der Waals surface area contributed by atoms with Crippen molar-refractivity contribution in [3.8, 4) is 11.6 Å². The largest absolute Gasteiger partial charge is 0.488 e. The molecule has 2 rings (SSSR count). The molecular weight excluding hydrogens is 406 g/mol. The van der Waals surface area contributed by atoms with Gasteiger partial charge >= 0.3 is 0 Å². The van der Waals surface area contributed by atoms with Crippen LogP contribution < -0.4 is 14.9 Å². The minimum absolute atomic E-state index is 0.00971. The van der Waals surface area contributed by atoms with Crippen LogP contribution in [0.4, 0.5) is 0 Å². The lowest BCUT2D eigenvalue weighted by Crippen LogP contribution is -2.33. The summed E-state index contributed by atoms with van der Waals surface area (Å²) in [5, 5.41) is 10.6. The summed E-state index contributed by atoms with van der Waals surface area (Å²) in [6.07, 6.45) is 7.40. The van der Waals surface area contributed by atoms with Gasteiger partial charge in [0.2, 0.25) is 17.1 Å². The van der Waals surface area contributed by atoms with Crippen LogP contribution in [0.5, 0.6) is 11.6 Å². The van der Waals surface area contributed by atoms with E-state index in [9.17, 15) is 9.90 Å². The van der Waals surface area contributed by atoms with Gasteiger partial charge in [0.05, 0.1) is 26.4 Å². The van der Waals surface area contributed by atoms with Gasteiger partial charge in [0.25, 0.3) is 0 Å². The molecule has 1 aromatic rings. The molecule has 1 fully saturated rings. The van der Waals surface area contributed by atoms with Gasteiger partial charge in [-0.3, -0.25) is 4.79 Å². The van der Waals surface area contributed by atoms with Gasteiger partial charge in [-0.25, -0.2) is 0 Å². The molecule has 178 valence electrons. The lowest BCUT2D eigenvalue weighted by atomic mass is 9.89. The molecule has 0 bridgehead atoms. The zero-order chi connectivity index (χ0) is 24.2. The van der Waals surface area contributed by atoms with E-state index in [1.54, 1.807) is 6.92 Å². The van der Waals surface area contributed by atoms with E-state index < -0.39 is 11.7 Å². The summed E-state index contributed by atoms with van der Waals surface area (Å²) in [5.41, 5.74) is 4.43. The first kappa shape index (κ1) is 25.9. The highest BCUT2D eigenvalue weighted by atomic mass is 16.6. The Labute approximate surface area is 192 Å². The number of pyridine rings is 1. The van der Waals surface area contributed by atoms with Crippen LogP contribution in [0, 0.1) is 12.8 Å². The number of methoxy groups -OCH3 is 2. The highest BCUT2D eigenvalue weighted by molar-refractivity contribution is 5.40. The molecule has 6 heteroatoms. The van der Waals surface area contributed by atoms with Crippen molar-refractivity contribution >= 4 is 0 Å². The van der Waals surface area contributed by atoms with Crippen LogP contribution in [-0.4, -0.2) is 42.1 Å². The molecule has 1 saturated heterocycles. The molecule has 4 atom stereocenters. The summed E-state index contributed by atoms with van der Waals surface area (Å²) in [5.74, 6) is 0.555. The molecule has 2 heterocycles. The average molecular weight is 446 g/mol. The first-order chi connectivity index (χ1) is 14.9. The fraction of sp³-hybridized carbons (Fsp3) is 0.577. The van der Waals surface area contributed by atoms with E-state index in [1.807, 2.05) is 20.8 Å². The number of aromatic nitrogens is 1. The molecule has 0 amide bonds. The maximum absolute atomic E-state index is 12.5. The van der Waals surface area contributed by atoms with Gasteiger partial charge in [-0.05, 0) is 48.0 Å². The maximum Gasteiger partial charge on any atom is 0.238 e. The number of aliphatic hydroxyl groups is 1. The van der Waals surface area contributed by atoms with Crippen molar-refractivity contribution in [2.24, 2.45) is 5.92 Å². The van der Waals surface area contributed by atoms with Crippen molar-refractivity contribution < 1.29 is 19.3 Å². The molecule has 1 aromatic heterocycles. The highest BCUT2D eigenvalue weighted by Crippen LogP contribution is 2.41. The number of aliphatic hydroxyl groups excluding tert-OH is 1. The number of hydrogen-bond donors (Lipinski definition) is 2. The van der Waals surface area contributed by atoms with E-state index >= 15 is 0 Å². The second-order valence-corrected chi connectivity index (χ2v) is 9.20. The molecule has 0 aliphatic carbocycles. The van der Waals surface area contributed by atoms with Crippen molar-refractivity contribution in [1.82, 2.24) is 4.98 Å². The molecule has 6 nitrogen and oxygen atoms in total. The number of H-pyrrole nitrogens is 1. The van der Waals surface area contributed by atoms with Crippen LogP contribution >= 0.6 is 0 Å². The molecule has 0 saturated carbocycles. The lowest BCUT2D eigenvalue weighted by Gasteiger charge is -2.20. The van der Waals surface area contributed by atoms with Crippen LogP contribution in [0.3, 0.4) is 0 Å². The van der Waals surface area contributed by atoms with Crippen molar-refractivity contribution in [3.63, 3.8) is 0 Å². The van der Waals surface area contributed by atoms with Gasteiger partial charge in [-0.15, -0.1) is 0 Å². The number of hydrogen-bond acceptors (Lipinski definition) is 5. The molecule has 0 spiro atoms. The van der Waals surface area contributed by atoms with E-state index in [1.165, 1.54) is 25.4 Å². The summed E-state index contributed by atoms with van der Waals surface area (Å²) < 4.78 is 16.0. The fourth-order valence-electron chi connectivity index (χ4n) is 4.19. The summed E-state index contributed by atoms with van der Waals surface area (Å²) in [6, 6.07) is 0. The van der Waals surface area contributed by atoms with E-state index in [0.29, 0.717) is 17.9 Å². The number of allylic oxidation sites excluding steroid dienone is 5. The number of rotatable bonds is 10. The number of aromatic amines is 1. The van der Waals surface area contributed by atoms with Crippen molar-refractivity contribution in [2.45, 2.75) is 79.1 Å². The van der Waals surface area contributed by atoms with Gasteiger partial charge in [-0.1, -0.05) is 41.9 Å². The summed E-state index contributed by atoms with van der Waals surface area (Å²) in [4.78, 5) is 15.6. The van der Waals surface area contributed by atoms with Gasteiger partial charge in [0, 0.05) is 23.6 Å². The maximum atomic E-state index is 12.5. The predicted octanol–water partition coefficient (Wildman–Crippen LogP) is 4.65. The smallest absolute Gasteiger partial charge is 0.238 e. The number of nitrogens with one attached hydrogen (secondary N) is 1. The topological polar surface area (TPSA) is 84.1 Å². The Hall–Kier alpha value is -2.31. The molecule has 4 unspecified atom stereocenters. The van der Waals surface area contributed by atoms with Crippen LogP contribution in [-0.2, 0) is 11.2 Å². The standard InChI is InChI=1S/C26H39NO5/c1-15(10-11-21-19(5)22(28)23(30-8)25(27-21)31-9)12-16(2)13-17(3)14-18(4)24(29)26(7)20(6)32-26/h10,13-14,18,20,24,29H,11-12H2,1-9H3,(H,27,28)/b15-10+,16-13+,17-14+. The van der Waals surface area contributed by atoms with Crippen LogP contribution in [0.2, 0.25) is 0 Å². The third-order valence-corrected chi connectivity index (χ3v) is 6.36. The monoisotopic (exact) mass is 445 g/mol. The van der Waals surface area contributed by atoms with Gasteiger partial charge in [-0.2, -0.15) is 0 Å². The Kier molecular flexibility index (Phi) is 8.54. The first-order valence-electron chi connectivity index (χ1n) is 11.1. The molecular formula is C26H39NO5. The SMILES string of the molecule is COc1[nH]c(C/C=C(\C)C/C(C)=C/C(C)=C/C(C)C(O)C2(C)OC2C)c(C)c(=O)c1OC. The predicted molar refractivity (Wildman–Crippen MR) is 129 cm³/mol. The fourth-order valence-corrected chi connectivity index (χ4v) is 4.19. The second kappa shape index (κ2) is 10.5. The highest BCUT2D eigenvalue weighted by Gasteiger charge is 2.55. The van der Waals surface area contributed by atoms with E-state index in [0.717, 1.165) is 17.7 Å². The van der Waals surface area contributed by atoms with Crippen molar-refractivity contribution in [3.05, 3.63) is 56.4 Å². The molecule has 32 heavy (non-hydrogen) atoms. The van der Waals surface area contributed by atoms with Crippen LogP contribution in [0.25, 0.3) is 0 Å². The Balaban J connectivity index is 2.05. The Morgan fingerprint density at radius 2 is 1.88 bits per heavy atom. The summed E-state index contributed by atoms with van der Waals surface area (Å²) in [6.45, 7) is 14.0. The van der Waals surface area contributed by atoms with Gasteiger partial charge in [0.15, 0.2) is 0 Å². The van der Waals surface area contributed by atoms with Crippen LogP contribution in [0.15, 0.2) is 39.7 Å². The lowest BCUT2D eigenvalue weighted by molar-refractivity contribution is 0.0564. The van der Waals surface area contributed by atoms with E-state index in [4.69, 9.17) is 14.2 Å². The van der Waals surface area contributed by atoms with Gasteiger partial charge in [0.1, 0.15) is 5.60 Å². The van der Waals surface area contributed by atoms with Crippen molar-refractivity contribution in [1.29, 1.82) is 0 Å². The summed E-state index contributed by atoms with van der Waals surface area (Å²) >= 11 is 0. The third-order valence-electron chi connectivity index (χ3n) is 6.36. The zero-order valence-corrected chi connectivity index (χ0v) is 21.0. The quantitative estimate of drug-likeness (QED) is 0.311. The van der Waals surface area contributed by atoms with E-state index in [-0.39, 0.29) is 23.2 Å². The molecule has 1 aliphatic rings. The molecule has 0 aromatic carbocycles. The van der Waals surface area contributed by atoms with Crippen molar-refractivity contribution in [2.75, 3.05) is 14.2 Å². The molecule has 2 N–H and O–H groups in total. The van der Waals surface area contributed by atoms with Gasteiger partial charge < -0.3 is 24.3 Å². The Bertz CT molecular complexity index is 971. The van der Waals surface area contributed by atoms with Crippen LogP contribution in [0.1, 0.15) is 59.2 Å². The molecule has 0 radical (unpaired) electrons. The zero-order valence-electron chi connectivity index (χ0n) is 21.0. The minimum atomic E-state index is -0.519. The second-order valence-electron chi connectivity index (χ2n) is 9.20.